The molecule has 11 heteroatoms. The molecule has 0 aromatic heterocycles. The maximum absolute atomic E-state index is 14.4. The number of hydrogen-bond donors (Lipinski definition) is 8. The van der Waals surface area contributed by atoms with E-state index in [9.17, 15) is 45.6 Å². The molecule has 0 radical (unpaired) electrons. The number of ether oxygens (including phenoxy) is 2. The van der Waals surface area contributed by atoms with Gasteiger partial charge in [0.05, 0.1) is 36.9 Å². The summed E-state index contributed by atoms with van der Waals surface area (Å²) < 4.78 is 11.5. The third-order valence-corrected chi connectivity index (χ3v) is 15.0. The number of aliphatic hydroxyl groups excluding tert-OH is 8. The van der Waals surface area contributed by atoms with Gasteiger partial charge >= 0.3 is 5.97 Å². The zero-order valence-corrected chi connectivity index (χ0v) is 28.6. The van der Waals surface area contributed by atoms with E-state index in [-0.39, 0.29) is 18.4 Å². The Morgan fingerprint density at radius 2 is 1.60 bits per heavy atom. The van der Waals surface area contributed by atoms with Gasteiger partial charge in [-0.3, -0.25) is 4.79 Å². The predicted molar refractivity (Wildman–Crippen MR) is 169 cm³/mol. The fraction of sp³-hybridized carbons (Fsp3) is 0.861. The van der Waals surface area contributed by atoms with E-state index in [0.29, 0.717) is 44.9 Å². The van der Waals surface area contributed by atoms with E-state index < -0.39 is 94.6 Å². The highest BCUT2D eigenvalue weighted by atomic mass is 16.7. The Bertz CT molecular complexity index is 1330. The lowest BCUT2D eigenvalue weighted by atomic mass is 9.33. The molecular weight excluding hydrogens is 608 g/mol. The summed E-state index contributed by atoms with van der Waals surface area (Å²) in [6.07, 6.45) is -4.73. The Kier molecular flexibility index (Phi) is 8.72. The van der Waals surface area contributed by atoms with E-state index in [0.717, 1.165) is 11.1 Å². The van der Waals surface area contributed by atoms with Crippen molar-refractivity contribution in [1.82, 2.24) is 0 Å². The number of rotatable bonds is 4. The molecule has 47 heavy (non-hydrogen) atoms. The van der Waals surface area contributed by atoms with Crippen molar-refractivity contribution in [2.24, 2.45) is 44.8 Å². The zero-order chi connectivity index (χ0) is 34.6. The summed E-state index contributed by atoms with van der Waals surface area (Å²) in [6.45, 7) is 11.5. The van der Waals surface area contributed by atoms with Gasteiger partial charge in [-0.25, -0.2) is 0 Å². The minimum Gasteiger partial charge on any atom is -0.432 e. The molecule has 0 spiro atoms. The number of hydrogen-bond acceptors (Lipinski definition) is 11. The molecule has 3 saturated carbocycles. The van der Waals surface area contributed by atoms with Crippen molar-refractivity contribution in [3.8, 4) is 0 Å². The second-order valence-corrected chi connectivity index (χ2v) is 17.0. The first-order valence-corrected chi connectivity index (χ1v) is 17.4. The molecule has 1 aliphatic heterocycles. The third-order valence-electron chi connectivity index (χ3n) is 15.0. The minimum atomic E-state index is -1.69. The largest absolute Gasteiger partial charge is 0.432 e. The van der Waals surface area contributed by atoms with Crippen LogP contribution in [0.25, 0.3) is 0 Å². The van der Waals surface area contributed by atoms with E-state index in [4.69, 9.17) is 9.47 Å². The average molecular weight is 665 g/mol. The van der Waals surface area contributed by atoms with E-state index in [1.54, 1.807) is 6.92 Å². The summed E-state index contributed by atoms with van der Waals surface area (Å²) in [6, 6.07) is 0. The Hall–Kier alpha value is -1.41. The van der Waals surface area contributed by atoms with Crippen LogP contribution < -0.4 is 0 Å². The van der Waals surface area contributed by atoms with Gasteiger partial charge in [0.15, 0.2) is 0 Å². The number of allylic oxidation sites excluding steroid dienone is 4. The van der Waals surface area contributed by atoms with E-state index in [1.165, 1.54) is 5.57 Å². The average Bonchev–Trinajstić information content (AvgIpc) is 3.02. The molecule has 0 aromatic carbocycles. The number of carbonyl (C=O) groups is 1. The molecule has 8 N–H and O–H groups in total. The minimum absolute atomic E-state index is 0.0210. The van der Waals surface area contributed by atoms with E-state index in [1.807, 2.05) is 0 Å². The van der Waals surface area contributed by atoms with Crippen molar-refractivity contribution >= 4 is 5.97 Å². The van der Waals surface area contributed by atoms with Crippen molar-refractivity contribution in [2.75, 3.05) is 13.2 Å². The van der Waals surface area contributed by atoms with Crippen LogP contribution in [-0.4, -0.2) is 109 Å². The van der Waals surface area contributed by atoms with E-state index in [2.05, 4.69) is 40.7 Å². The lowest BCUT2D eigenvalue weighted by Crippen LogP contribution is -2.71. The van der Waals surface area contributed by atoms with Crippen molar-refractivity contribution in [3.05, 3.63) is 22.8 Å². The van der Waals surface area contributed by atoms with Crippen LogP contribution >= 0.6 is 0 Å². The van der Waals surface area contributed by atoms with Gasteiger partial charge in [0.1, 0.15) is 24.4 Å². The summed E-state index contributed by atoms with van der Waals surface area (Å²) in [5.74, 6) is -1.26. The fourth-order valence-electron chi connectivity index (χ4n) is 12.1. The van der Waals surface area contributed by atoms with Gasteiger partial charge in [-0.05, 0) is 81.0 Å². The molecule has 1 saturated heterocycles. The van der Waals surface area contributed by atoms with Crippen LogP contribution in [-0.2, 0) is 14.3 Å². The summed E-state index contributed by atoms with van der Waals surface area (Å²) >= 11 is 0. The molecular formula is C36H56O11. The lowest BCUT2D eigenvalue weighted by molar-refractivity contribution is -0.297. The van der Waals surface area contributed by atoms with Crippen LogP contribution in [0.4, 0.5) is 0 Å². The Morgan fingerprint density at radius 3 is 2.23 bits per heavy atom. The standard InChI is InChI=1S/C36H56O11/c1-17-9-10-36(31(45)47-30-27(43)26(42)25(41)22(15-37)46-30)12-11-34(5)19(24(36)18(17)2)7-8-23-32(3)13-21(40)29(44)33(4,16-38)28(32)20(39)14-35(23,34)6/h7,20-30,37-44H,8-16H2,1-6H3/t20-,21-,22-,23-,24-,25-,26+,27-,28-,29+,30+,32-,33+,34-,35-,36+/m1/s1. The molecule has 0 aromatic rings. The quantitative estimate of drug-likeness (QED) is 0.159. The molecule has 6 rings (SSSR count). The van der Waals surface area contributed by atoms with Crippen LogP contribution in [0.2, 0.25) is 0 Å². The molecule has 16 atom stereocenters. The molecule has 0 bridgehead atoms. The van der Waals surface area contributed by atoms with Gasteiger partial charge in [-0.15, -0.1) is 0 Å². The highest BCUT2D eigenvalue weighted by Crippen LogP contribution is 2.75. The molecule has 0 unspecified atom stereocenters. The molecule has 1 heterocycles. The molecule has 266 valence electrons. The van der Waals surface area contributed by atoms with Crippen molar-refractivity contribution in [2.45, 2.75) is 136 Å². The lowest BCUT2D eigenvalue weighted by Gasteiger charge is -2.72. The second kappa shape index (κ2) is 11.6. The molecule has 11 nitrogen and oxygen atoms in total. The van der Waals surface area contributed by atoms with Crippen molar-refractivity contribution < 1.29 is 55.1 Å². The number of fused-ring (bicyclic) bond motifs is 7. The first-order valence-electron chi connectivity index (χ1n) is 17.4. The van der Waals surface area contributed by atoms with Crippen LogP contribution in [0.1, 0.15) is 86.5 Å². The SMILES string of the molecule is CC1=C(C)[C@@H]2C3=CC[C@@H]4[C@@]5(C)C[C@@H](O)[C@H](O)[C@@](C)(CO)[C@@H]5[C@H](O)C[C@@]4(C)[C@]3(C)CC[C@@]2(C(=O)O[C@@H]2O[C@H](CO)[C@@H](O)[C@H](O)[C@H]2O)CC1. The van der Waals surface area contributed by atoms with Crippen molar-refractivity contribution in [1.29, 1.82) is 0 Å². The number of aliphatic hydroxyl groups is 8. The van der Waals surface area contributed by atoms with E-state index >= 15 is 0 Å². The fourth-order valence-corrected chi connectivity index (χ4v) is 12.1. The van der Waals surface area contributed by atoms with Gasteiger partial charge in [-0.2, -0.15) is 0 Å². The normalized spacial score (nSPS) is 54.4. The van der Waals surface area contributed by atoms with Crippen molar-refractivity contribution in [3.63, 3.8) is 0 Å². The second-order valence-electron chi connectivity index (χ2n) is 17.0. The molecule has 5 aliphatic carbocycles. The zero-order valence-electron chi connectivity index (χ0n) is 28.6. The highest BCUT2D eigenvalue weighted by Gasteiger charge is 2.72. The summed E-state index contributed by atoms with van der Waals surface area (Å²) in [7, 11) is 0. The van der Waals surface area contributed by atoms with Gasteiger partial charge in [0.25, 0.3) is 0 Å². The van der Waals surface area contributed by atoms with Crippen LogP contribution in [0.5, 0.6) is 0 Å². The Labute approximate surface area is 277 Å². The summed E-state index contributed by atoms with van der Waals surface area (Å²) in [4.78, 5) is 14.4. The molecule has 0 amide bonds. The highest BCUT2D eigenvalue weighted by molar-refractivity contribution is 5.80. The molecule has 4 fully saturated rings. The first-order chi connectivity index (χ1) is 21.9. The Balaban J connectivity index is 1.40. The topological polar surface area (TPSA) is 197 Å². The summed E-state index contributed by atoms with van der Waals surface area (Å²) in [5, 5.41) is 85.8. The van der Waals surface area contributed by atoms with Crippen LogP contribution in [0.3, 0.4) is 0 Å². The van der Waals surface area contributed by atoms with Crippen LogP contribution in [0, 0.1) is 44.8 Å². The van der Waals surface area contributed by atoms with Gasteiger partial charge < -0.3 is 50.3 Å². The Morgan fingerprint density at radius 1 is 0.915 bits per heavy atom. The molecule has 6 aliphatic rings. The third kappa shape index (κ3) is 4.60. The van der Waals surface area contributed by atoms with Gasteiger partial charge in [-0.1, -0.05) is 50.5 Å². The maximum atomic E-state index is 14.4. The van der Waals surface area contributed by atoms with Crippen LogP contribution in [0.15, 0.2) is 22.8 Å². The number of esters is 1. The summed E-state index contributed by atoms with van der Waals surface area (Å²) in [5.41, 5.74) is -0.117. The first kappa shape index (κ1) is 35.4. The smallest absolute Gasteiger partial charge is 0.315 e. The maximum Gasteiger partial charge on any atom is 0.315 e. The number of carbonyl (C=O) groups excluding carboxylic acids is 1. The van der Waals surface area contributed by atoms with Gasteiger partial charge in [0, 0.05) is 17.3 Å². The predicted octanol–water partition coefficient (Wildman–Crippen LogP) is 1.33. The van der Waals surface area contributed by atoms with Gasteiger partial charge in [0.2, 0.25) is 6.29 Å². The monoisotopic (exact) mass is 664 g/mol.